The third-order valence-electron chi connectivity index (χ3n) is 5.18. The zero-order chi connectivity index (χ0) is 26.2. The van der Waals surface area contributed by atoms with Gasteiger partial charge in [0.1, 0.15) is 5.25 Å². The van der Waals surface area contributed by atoms with Crippen molar-refractivity contribution in [2.24, 2.45) is 0 Å². The number of anilines is 2. The number of nitrogens with one attached hydrogen (secondary N) is 2. The van der Waals surface area contributed by atoms with Gasteiger partial charge in [0.25, 0.3) is 0 Å². The Balaban J connectivity index is 1.47. The highest BCUT2D eigenvalue weighted by Gasteiger charge is 2.23. The van der Waals surface area contributed by atoms with Gasteiger partial charge in [0.05, 0.1) is 12.1 Å². The van der Waals surface area contributed by atoms with Crippen LogP contribution < -0.4 is 10.6 Å². The molecule has 0 saturated heterocycles. The van der Waals surface area contributed by atoms with Crippen LogP contribution in [0.4, 0.5) is 10.8 Å². The Labute approximate surface area is 226 Å². The molecule has 0 fully saturated rings. The van der Waals surface area contributed by atoms with E-state index in [1.807, 2.05) is 53.9 Å². The van der Waals surface area contributed by atoms with Crippen LogP contribution in [0.25, 0.3) is 11.3 Å². The second kappa shape index (κ2) is 12.5. The van der Waals surface area contributed by atoms with Crippen molar-refractivity contribution >= 4 is 63.3 Å². The van der Waals surface area contributed by atoms with Crippen LogP contribution in [-0.4, -0.2) is 27.9 Å². The molecule has 3 aromatic carbocycles. The van der Waals surface area contributed by atoms with Crippen molar-refractivity contribution in [2.75, 3.05) is 10.6 Å². The average Bonchev–Trinajstić information content (AvgIpc) is 3.35. The van der Waals surface area contributed by atoms with E-state index in [-0.39, 0.29) is 24.7 Å². The molecule has 1 heterocycles. The summed E-state index contributed by atoms with van der Waals surface area (Å²) < 4.78 is 0. The third kappa shape index (κ3) is 7.42. The van der Waals surface area contributed by atoms with Crippen molar-refractivity contribution in [1.29, 1.82) is 0 Å². The molecular formula is C27H22ClN3O4S2. The molecule has 10 heteroatoms. The molecule has 4 rings (SSSR count). The lowest BCUT2D eigenvalue weighted by Crippen LogP contribution is -2.19. The van der Waals surface area contributed by atoms with Crippen LogP contribution in [0.15, 0.2) is 89.1 Å². The number of rotatable bonds is 10. The van der Waals surface area contributed by atoms with Gasteiger partial charge in [-0.15, -0.1) is 23.1 Å². The summed E-state index contributed by atoms with van der Waals surface area (Å²) in [4.78, 5) is 41.3. The Morgan fingerprint density at radius 3 is 2.32 bits per heavy atom. The highest BCUT2D eigenvalue weighted by atomic mass is 35.5. The average molecular weight is 552 g/mol. The van der Waals surface area contributed by atoms with Crippen LogP contribution in [0.3, 0.4) is 0 Å². The molecule has 1 unspecified atom stereocenters. The van der Waals surface area contributed by atoms with Crippen molar-refractivity contribution in [3.05, 3.63) is 94.8 Å². The van der Waals surface area contributed by atoms with Crippen LogP contribution in [0.2, 0.25) is 5.02 Å². The van der Waals surface area contributed by atoms with Gasteiger partial charge in [-0.05, 0) is 35.9 Å². The van der Waals surface area contributed by atoms with Crippen LogP contribution in [0.5, 0.6) is 0 Å². The predicted octanol–water partition coefficient (Wildman–Crippen LogP) is 6.74. The van der Waals surface area contributed by atoms with E-state index in [2.05, 4.69) is 15.6 Å². The molecule has 0 aliphatic heterocycles. The Bertz CT molecular complexity index is 1390. The second-order valence-electron chi connectivity index (χ2n) is 7.88. The van der Waals surface area contributed by atoms with Crippen molar-refractivity contribution in [3.63, 3.8) is 0 Å². The Morgan fingerprint density at radius 2 is 1.62 bits per heavy atom. The quantitative estimate of drug-likeness (QED) is 0.188. The summed E-state index contributed by atoms with van der Waals surface area (Å²) in [5, 5.41) is 16.7. The number of amides is 2. The minimum atomic E-state index is -1.02. The lowest BCUT2D eigenvalue weighted by molar-refractivity contribution is -0.138. The number of nitrogens with zero attached hydrogens (tertiary/aromatic N) is 1. The van der Waals surface area contributed by atoms with E-state index in [4.69, 9.17) is 16.7 Å². The number of carbonyl (C=O) groups is 3. The van der Waals surface area contributed by atoms with Crippen LogP contribution in [-0.2, 0) is 14.4 Å². The maximum Gasteiger partial charge on any atom is 0.303 e. The summed E-state index contributed by atoms with van der Waals surface area (Å²) in [5.74, 6) is -1.61. The van der Waals surface area contributed by atoms with Gasteiger partial charge < -0.3 is 15.7 Å². The standard InChI is InChI=1S/C27H22ClN3O4S2/c28-21-9-5-4-8-20(21)22-16-36-27(30-22)31-26(35)25(17-6-2-1-3-7-17)37-19-12-10-18(11-13-19)29-23(32)14-15-24(33)34/h1-13,16,25H,14-15H2,(H,29,32)(H,33,34)(H,30,31,35). The second-order valence-corrected chi connectivity index (χ2v) is 10.3. The molecule has 0 radical (unpaired) electrons. The monoisotopic (exact) mass is 551 g/mol. The number of aromatic nitrogens is 1. The molecule has 4 aromatic rings. The number of hydrogen-bond acceptors (Lipinski definition) is 6. The Kier molecular flexibility index (Phi) is 8.95. The van der Waals surface area contributed by atoms with E-state index in [0.29, 0.717) is 21.5 Å². The number of carboxylic acid groups (broad SMARTS) is 1. The summed E-state index contributed by atoms with van der Waals surface area (Å²) in [6.45, 7) is 0. The molecular weight excluding hydrogens is 530 g/mol. The van der Waals surface area contributed by atoms with Gasteiger partial charge in [-0.1, -0.05) is 60.1 Å². The Hall–Kier alpha value is -3.66. The zero-order valence-corrected chi connectivity index (χ0v) is 21.8. The third-order valence-corrected chi connectivity index (χ3v) is 7.54. The molecule has 0 aliphatic carbocycles. The predicted molar refractivity (Wildman–Crippen MR) is 148 cm³/mol. The number of benzene rings is 3. The summed E-state index contributed by atoms with van der Waals surface area (Å²) in [7, 11) is 0. The van der Waals surface area contributed by atoms with Gasteiger partial charge in [-0.2, -0.15) is 0 Å². The van der Waals surface area contributed by atoms with E-state index >= 15 is 0 Å². The Morgan fingerprint density at radius 1 is 0.919 bits per heavy atom. The number of hydrogen-bond donors (Lipinski definition) is 3. The molecule has 0 saturated carbocycles. The number of thiazole rings is 1. The lowest BCUT2D eigenvalue weighted by atomic mass is 10.1. The highest BCUT2D eigenvalue weighted by molar-refractivity contribution is 8.00. The number of thioether (sulfide) groups is 1. The van der Waals surface area contributed by atoms with E-state index in [1.165, 1.54) is 23.1 Å². The molecule has 0 spiro atoms. The fourth-order valence-electron chi connectivity index (χ4n) is 3.39. The molecule has 7 nitrogen and oxygen atoms in total. The minimum absolute atomic E-state index is 0.100. The van der Waals surface area contributed by atoms with Crippen molar-refractivity contribution in [3.8, 4) is 11.3 Å². The first-order valence-corrected chi connectivity index (χ1v) is 13.4. The smallest absolute Gasteiger partial charge is 0.303 e. The minimum Gasteiger partial charge on any atom is -0.481 e. The molecule has 188 valence electrons. The molecule has 2 amide bonds. The molecule has 1 atom stereocenters. The van der Waals surface area contributed by atoms with Crippen molar-refractivity contribution < 1.29 is 19.5 Å². The van der Waals surface area contributed by atoms with Crippen LogP contribution >= 0.6 is 34.7 Å². The SMILES string of the molecule is O=C(O)CCC(=O)Nc1ccc(SC(C(=O)Nc2nc(-c3ccccc3Cl)cs2)c2ccccc2)cc1. The summed E-state index contributed by atoms with van der Waals surface area (Å²) in [5.41, 5.74) is 2.87. The highest BCUT2D eigenvalue weighted by Crippen LogP contribution is 2.37. The normalized spacial score (nSPS) is 11.5. The van der Waals surface area contributed by atoms with E-state index < -0.39 is 11.2 Å². The zero-order valence-electron chi connectivity index (χ0n) is 19.4. The van der Waals surface area contributed by atoms with Gasteiger partial charge in [0, 0.05) is 33.0 Å². The van der Waals surface area contributed by atoms with Gasteiger partial charge in [-0.3, -0.25) is 14.4 Å². The maximum absolute atomic E-state index is 13.4. The molecule has 1 aromatic heterocycles. The number of aliphatic carboxylic acids is 1. The fraction of sp³-hybridized carbons (Fsp3) is 0.111. The topological polar surface area (TPSA) is 108 Å². The van der Waals surface area contributed by atoms with Crippen molar-refractivity contribution in [1.82, 2.24) is 4.98 Å². The van der Waals surface area contributed by atoms with Crippen LogP contribution in [0, 0.1) is 0 Å². The number of carbonyl (C=O) groups excluding carboxylic acids is 2. The van der Waals surface area contributed by atoms with E-state index in [0.717, 1.165) is 16.0 Å². The van der Waals surface area contributed by atoms with Gasteiger partial charge >= 0.3 is 5.97 Å². The first kappa shape index (κ1) is 26.4. The van der Waals surface area contributed by atoms with Crippen molar-refractivity contribution in [2.45, 2.75) is 23.0 Å². The molecule has 37 heavy (non-hydrogen) atoms. The van der Waals surface area contributed by atoms with Gasteiger partial charge in [-0.25, -0.2) is 4.98 Å². The van der Waals surface area contributed by atoms with Crippen LogP contribution in [0.1, 0.15) is 23.7 Å². The summed E-state index contributed by atoms with van der Waals surface area (Å²) in [6.07, 6.45) is -0.330. The van der Waals surface area contributed by atoms with E-state index in [1.54, 1.807) is 30.3 Å². The lowest BCUT2D eigenvalue weighted by Gasteiger charge is -2.16. The fourth-order valence-corrected chi connectivity index (χ4v) is 5.36. The molecule has 0 aliphatic rings. The molecule has 0 bridgehead atoms. The summed E-state index contributed by atoms with van der Waals surface area (Å²) >= 11 is 8.98. The first-order valence-electron chi connectivity index (χ1n) is 11.2. The number of carboxylic acids is 1. The van der Waals surface area contributed by atoms with E-state index in [9.17, 15) is 14.4 Å². The summed E-state index contributed by atoms with van der Waals surface area (Å²) in [6, 6.07) is 23.9. The molecule has 3 N–H and O–H groups in total. The number of halogens is 1. The van der Waals surface area contributed by atoms with Gasteiger partial charge in [0.15, 0.2) is 5.13 Å². The van der Waals surface area contributed by atoms with Gasteiger partial charge in [0.2, 0.25) is 11.8 Å². The largest absolute Gasteiger partial charge is 0.481 e. The maximum atomic E-state index is 13.4. The first-order chi connectivity index (χ1) is 17.9.